The first-order chi connectivity index (χ1) is 10.0. The monoisotopic (exact) mass is 307 g/mol. The van der Waals surface area contributed by atoms with Gasteiger partial charge in [-0.1, -0.05) is 23.7 Å². The van der Waals surface area contributed by atoms with E-state index in [1.54, 1.807) is 0 Å². The van der Waals surface area contributed by atoms with E-state index in [1.807, 2.05) is 6.07 Å². The van der Waals surface area contributed by atoms with Crippen molar-refractivity contribution >= 4 is 17.6 Å². The molecular formula is C17H22ClNO2. The third-order valence-electron chi connectivity index (χ3n) is 5.01. The van der Waals surface area contributed by atoms with Crippen LogP contribution in [0.15, 0.2) is 18.2 Å². The van der Waals surface area contributed by atoms with Crippen molar-refractivity contribution in [2.24, 2.45) is 5.92 Å². The first kappa shape index (κ1) is 14.9. The van der Waals surface area contributed by atoms with Gasteiger partial charge < -0.3 is 5.11 Å². The molecule has 0 aromatic heterocycles. The molecule has 2 aliphatic rings. The topological polar surface area (TPSA) is 40.5 Å². The zero-order chi connectivity index (χ0) is 15.0. The van der Waals surface area contributed by atoms with Crippen molar-refractivity contribution in [1.29, 1.82) is 0 Å². The molecule has 3 nitrogen and oxygen atoms in total. The maximum Gasteiger partial charge on any atom is 0.303 e. The molecule has 0 saturated carbocycles. The molecule has 2 bridgehead atoms. The lowest BCUT2D eigenvalue weighted by Gasteiger charge is -2.38. The average Bonchev–Trinajstić information content (AvgIpc) is 2.64. The highest BCUT2D eigenvalue weighted by Crippen LogP contribution is 2.41. The van der Waals surface area contributed by atoms with Gasteiger partial charge in [-0.3, -0.25) is 9.69 Å². The van der Waals surface area contributed by atoms with Gasteiger partial charge in [0.05, 0.1) is 0 Å². The molecule has 2 saturated heterocycles. The first-order valence-electron chi connectivity index (χ1n) is 7.75. The predicted octanol–water partition coefficient (Wildman–Crippen LogP) is 3.87. The normalized spacial score (nSPS) is 28.8. The lowest BCUT2D eigenvalue weighted by molar-refractivity contribution is -0.138. The Morgan fingerprint density at radius 2 is 2.00 bits per heavy atom. The molecule has 21 heavy (non-hydrogen) atoms. The number of carboxylic acids is 1. The molecule has 114 valence electrons. The summed E-state index contributed by atoms with van der Waals surface area (Å²) in [7, 11) is 0. The van der Waals surface area contributed by atoms with Crippen molar-refractivity contribution in [1.82, 2.24) is 4.90 Å². The Morgan fingerprint density at radius 1 is 1.33 bits per heavy atom. The van der Waals surface area contributed by atoms with E-state index < -0.39 is 5.97 Å². The molecule has 0 spiro atoms. The second-order valence-electron chi connectivity index (χ2n) is 6.59. The van der Waals surface area contributed by atoms with Gasteiger partial charge in [-0.2, -0.15) is 0 Å². The largest absolute Gasteiger partial charge is 0.481 e. The number of rotatable bonds is 4. The zero-order valence-corrected chi connectivity index (χ0v) is 13.1. The summed E-state index contributed by atoms with van der Waals surface area (Å²) >= 11 is 6.36. The van der Waals surface area contributed by atoms with Crippen LogP contribution in [0.25, 0.3) is 0 Å². The van der Waals surface area contributed by atoms with Crippen molar-refractivity contribution in [2.45, 2.75) is 57.7 Å². The highest BCUT2D eigenvalue weighted by molar-refractivity contribution is 6.31. The fraction of sp³-hybridized carbons (Fsp3) is 0.588. The molecule has 1 aromatic carbocycles. The number of carboxylic acid groups (broad SMARTS) is 1. The van der Waals surface area contributed by atoms with Crippen molar-refractivity contribution in [2.75, 3.05) is 0 Å². The quantitative estimate of drug-likeness (QED) is 0.918. The molecule has 2 fully saturated rings. The zero-order valence-electron chi connectivity index (χ0n) is 12.4. The Morgan fingerprint density at radius 3 is 2.57 bits per heavy atom. The second kappa shape index (κ2) is 5.98. The Kier molecular flexibility index (Phi) is 4.23. The molecule has 0 amide bonds. The fourth-order valence-corrected chi connectivity index (χ4v) is 4.33. The van der Waals surface area contributed by atoms with Crippen LogP contribution >= 0.6 is 11.6 Å². The van der Waals surface area contributed by atoms with Crippen LogP contribution in [0.3, 0.4) is 0 Å². The highest BCUT2D eigenvalue weighted by Gasteiger charge is 2.41. The van der Waals surface area contributed by atoms with Gasteiger partial charge in [0.1, 0.15) is 0 Å². The summed E-state index contributed by atoms with van der Waals surface area (Å²) in [4.78, 5) is 13.5. The van der Waals surface area contributed by atoms with E-state index in [4.69, 9.17) is 16.7 Å². The summed E-state index contributed by atoms with van der Waals surface area (Å²) in [5, 5.41) is 9.84. The van der Waals surface area contributed by atoms with Gasteiger partial charge in [-0.15, -0.1) is 0 Å². The van der Waals surface area contributed by atoms with Gasteiger partial charge in [0.2, 0.25) is 0 Å². The van der Waals surface area contributed by atoms with Crippen LogP contribution < -0.4 is 0 Å². The molecule has 2 unspecified atom stereocenters. The number of aliphatic carboxylic acids is 1. The van der Waals surface area contributed by atoms with Crippen molar-refractivity contribution in [3.05, 3.63) is 34.3 Å². The Hall–Kier alpha value is -1.06. The molecule has 0 aliphatic carbocycles. The summed E-state index contributed by atoms with van der Waals surface area (Å²) < 4.78 is 0. The third kappa shape index (κ3) is 3.24. The van der Waals surface area contributed by atoms with Crippen LogP contribution in [0.2, 0.25) is 5.02 Å². The van der Waals surface area contributed by atoms with Gasteiger partial charge in [0.15, 0.2) is 0 Å². The number of benzene rings is 1. The number of aryl methyl sites for hydroxylation is 1. The summed E-state index contributed by atoms with van der Waals surface area (Å²) in [6.07, 6.45) is 4.76. The van der Waals surface area contributed by atoms with E-state index in [0.717, 1.165) is 24.4 Å². The molecule has 2 aliphatic heterocycles. The number of carbonyl (C=O) groups is 1. The maximum atomic E-state index is 10.9. The Labute approximate surface area is 130 Å². The van der Waals surface area contributed by atoms with Gasteiger partial charge in [0, 0.05) is 30.1 Å². The van der Waals surface area contributed by atoms with Crippen LogP contribution in [-0.2, 0) is 11.3 Å². The SMILES string of the molecule is Cc1ccc(CN2C3CCC2CC(CC(=O)O)C3)c(Cl)c1. The van der Waals surface area contributed by atoms with E-state index >= 15 is 0 Å². The summed E-state index contributed by atoms with van der Waals surface area (Å²) in [5.41, 5.74) is 2.38. The molecule has 1 N–H and O–H groups in total. The van der Waals surface area contributed by atoms with Crippen LogP contribution in [0, 0.1) is 12.8 Å². The third-order valence-corrected chi connectivity index (χ3v) is 5.36. The molecule has 0 radical (unpaired) electrons. The van der Waals surface area contributed by atoms with E-state index in [9.17, 15) is 4.79 Å². The van der Waals surface area contributed by atoms with Crippen LogP contribution in [-0.4, -0.2) is 28.1 Å². The lowest BCUT2D eigenvalue weighted by atomic mass is 9.88. The van der Waals surface area contributed by atoms with E-state index in [-0.39, 0.29) is 0 Å². The minimum atomic E-state index is -0.658. The van der Waals surface area contributed by atoms with Gasteiger partial charge in [0.25, 0.3) is 0 Å². The average molecular weight is 308 g/mol. The lowest BCUT2D eigenvalue weighted by Crippen LogP contribution is -2.42. The predicted molar refractivity (Wildman–Crippen MR) is 83.5 cm³/mol. The highest BCUT2D eigenvalue weighted by atomic mass is 35.5. The number of nitrogens with zero attached hydrogens (tertiary/aromatic N) is 1. The van der Waals surface area contributed by atoms with Gasteiger partial charge in [-0.25, -0.2) is 0 Å². The Bertz CT molecular complexity index is 532. The fourth-order valence-electron chi connectivity index (χ4n) is 4.04. The summed E-state index contributed by atoms with van der Waals surface area (Å²) in [6, 6.07) is 7.33. The van der Waals surface area contributed by atoms with Gasteiger partial charge in [-0.05, 0) is 55.7 Å². The summed E-state index contributed by atoms with van der Waals surface area (Å²) in [6.45, 7) is 2.95. The van der Waals surface area contributed by atoms with Crippen LogP contribution in [0.1, 0.15) is 43.2 Å². The molecule has 1 aromatic rings. The number of hydrogen-bond donors (Lipinski definition) is 1. The van der Waals surface area contributed by atoms with Crippen molar-refractivity contribution < 1.29 is 9.90 Å². The van der Waals surface area contributed by atoms with E-state index in [2.05, 4.69) is 24.0 Å². The number of fused-ring (bicyclic) bond motifs is 2. The van der Waals surface area contributed by atoms with E-state index in [0.29, 0.717) is 24.4 Å². The second-order valence-corrected chi connectivity index (χ2v) is 6.99. The first-order valence-corrected chi connectivity index (χ1v) is 8.13. The maximum absolute atomic E-state index is 10.9. The molecular weight excluding hydrogens is 286 g/mol. The number of halogens is 1. The minimum Gasteiger partial charge on any atom is -0.481 e. The molecule has 4 heteroatoms. The Balaban J connectivity index is 1.69. The smallest absolute Gasteiger partial charge is 0.303 e. The number of piperidine rings is 1. The molecule has 2 atom stereocenters. The van der Waals surface area contributed by atoms with Crippen LogP contribution in [0.4, 0.5) is 0 Å². The standard InChI is InChI=1S/C17H22ClNO2/c1-11-2-3-13(16(18)6-11)10-19-14-4-5-15(19)8-12(7-14)9-17(20)21/h2-3,6,12,14-15H,4-5,7-10H2,1H3,(H,20,21). The van der Waals surface area contributed by atoms with Crippen LogP contribution in [0.5, 0.6) is 0 Å². The van der Waals surface area contributed by atoms with Gasteiger partial charge >= 0.3 is 5.97 Å². The molecule has 2 heterocycles. The molecule has 3 rings (SSSR count). The van der Waals surface area contributed by atoms with Crippen molar-refractivity contribution in [3.63, 3.8) is 0 Å². The van der Waals surface area contributed by atoms with E-state index in [1.165, 1.54) is 24.0 Å². The summed E-state index contributed by atoms with van der Waals surface area (Å²) in [5.74, 6) is -0.306. The number of hydrogen-bond acceptors (Lipinski definition) is 2. The minimum absolute atomic E-state index is 0.326. The van der Waals surface area contributed by atoms with Crippen molar-refractivity contribution in [3.8, 4) is 0 Å².